The number of anilines is 2. The summed E-state index contributed by atoms with van der Waals surface area (Å²) >= 11 is 5.70. The zero-order chi connectivity index (χ0) is 13.4. The van der Waals surface area contributed by atoms with Crippen molar-refractivity contribution in [1.29, 1.82) is 0 Å². The molecule has 0 spiro atoms. The average Bonchev–Trinajstić information content (AvgIpc) is 3.10. The number of nitrogens with one attached hydrogen (secondary N) is 2. The molecule has 0 radical (unpaired) electrons. The summed E-state index contributed by atoms with van der Waals surface area (Å²) in [5.74, 6) is 1.02. The van der Waals surface area contributed by atoms with Gasteiger partial charge in [0.15, 0.2) is 5.82 Å². The molecule has 19 heavy (non-hydrogen) atoms. The van der Waals surface area contributed by atoms with E-state index in [1.165, 1.54) is 0 Å². The van der Waals surface area contributed by atoms with Gasteiger partial charge < -0.3 is 5.32 Å². The highest BCUT2D eigenvalue weighted by atomic mass is 35.5. The molecule has 2 aromatic rings. The van der Waals surface area contributed by atoms with Gasteiger partial charge in [-0.25, -0.2) is 9.97 Å². The van der Waals surface area contributed by atoms with Gasteiger partial charge >= 0.3 is 5.69 Å². The van der Waals surface area contributed by atoms with Crippen LogP contribution < -0.4 is 5.32 Å². The molecule has 2 N–H and O–H groups in total. The number of nitro groups is 1. The number of hydrogen-bond acceptors (Lipinski definition) is 6. The van der Waals surface area contributed by atoms with Crippen molar-refractivity contribution < 1.29 is 4.92 Å². The second-order valence-corrected chi connectivity index (χ2v) is 4.58. The first-order chi connectivity index (χ1) is 9.15. The molecule has 0 unspecified atom stereocenters. The standard InChI is InChI=1S/C10H9ClN6O2/c11-9-8(17(18)19)10(13-4-12-9)14-7-3-6(15-16-7)5-1-2-5/h3-5H,1-2H2,(H2,12,13,14,15,16). The smallest absolute Gasteiger partial charge is 0.318 e. The molecular weight excluding hydrogens is 272 g/mol. The van der Waals surface area contributed by atoms with Gasteiger partial charge in [0, 0.05) is 17.7 Å². The second kappa shape index (κ2) is 4.47. The Balaban J connectivity index is 1.89. The lowest BCUT2D eigenvalue weighted by molar-refractivity contribution is -0.384. The van der Waals surface area contributed by atoms with E-state index in [0.717, 1.165) is 24.9 Å². The second-order valence-electron chi connectivity index (χ2n) is 4.23. The van der Waals surface area contributed by atoms with E-state index < -0.39 is 4.92 Å². The first-order valence-electron chi connectivity index (χ1n) is 5.62. The van der Waals surface area contributed by atoms with Gasteiger partial charge in [-0.1, -0.05) is 11.6 Å². The van der Waals surface area contributed by atoms with Crippen LogP contribution in [0.5, 0.6) is 0 Å². The van der Waals surface area contributed by atoms with Gasteiger partial charge in [0.1, 0.15) is 6.33 Å². The topological polar surface area (TPSA) is 110 Å². The first-order valence-corrected chi connectivity index (χ1v) is 6.00. The lowest BCUT2D eigenvalue weighted by Gasteiger charge is -2.02. The summed E-state index contributed by atoms with van der Waals surface area (Å²) in [6.07, 6.45) is 3.44. The van der Waals surface area contributed by atoms with Crippen LogP contribution in [-0.2, 0) is 0 Å². The van der Waals surface area contributed by atoms with Crippen LogP contribution in [0.15, 0.2) is 12.4 Å². The molecule has 0 bridgehead atoms. The molecule has 9 heteroatoms. The Kier molecular flexibility index (Phi) is 2.79. The molecule has 1 aliphatic rings. The molecule has 0 aliphatic heterocycles. The Hall–Kier alpha value is -2.22. The predicted molar refractivity (Wildman–Crippen MR) is 67.5 cm³/mol. The van der Waals surface area contributed by atoms with E-state index in [1.54, 1.807) is 0 Å². The molecule has 3 rings (SSSR count). The Bertz CT molecular complexity index is 639. The van der Waals surface area contributed by atoms with Crippen LogP contribution in [0.1, 0.15) is 24.5 Å². The molecule has 0 aromatic carbocycles. The summed E-state index contributed by atoms with van der Waals surface area (Å²) in [6.45, 7) is 0. The van der Waals surface area contributed by atoms with E-state index in [0.29, 0.717) is 11.7 Å². The molecule has 8 nitrogen and oxygen atoms in total. The number of aromatic amines is 1. The average molecular weight is 281 g/mol. The van der Waals surface area contributed by atoms with Crippen molar-refractivity contribution >= 4 is 28.9 Å². The third kappa shape index (κ3) is 2.34. The minimum absolute atomic E-state index is 0.0267. The van der Waals surface area contributed by atoms with Crippen LogP contribution in [0.25, 0.3) is 0 Å². The zero-order valence-corrected chi connectivity index (χ0v) is 10.4. The van der Waals surface area contributed by atoms with Crippen LogP contribution in [0.3, 0.4) is 0 Å². The van der Waals surface area contributed by atoms with Crippen molar-refractivity contribution in [2.45, 2.75) is 18.8 Å². The maximum absolute atomic E-state index is 10.9. The fourth-order valence-corrected chi connectivity index (χ4v) is 1.94. The number of rotatable bonds is 4. The van der Waals surface area contributed by atoms with Gasteiger partial charge in [-0.15, -0.1) is 0 Å². The van der Waals surface area contributed by atoms with Crippen LogP contribution in [0, 0.1) is 10.1 Å². The molecule has 1 fully saturated rings. The SMILES string of the molecule is O=[N+]([O-])c1c(Cl)ncnc1Nc1cc(C2CC2)[nH]n1. The fourth-order valence-electron chi connectivity index (χ4n) is 1.74. The number of aromatic nitrogens is 4. The Morgan fingerprint density at radius 1 is 1.47 bits per heavy atom. The van der Waals surface area contributed by atoms with Crippen LogP contribution in [0.2, 0.25) is 5.15 Å². The number of halogens is 1. The minimum atomic E-state index is -0.626. The Morgan fingerprint density at radius 2 is 2.26 bits per heavy atom. The van der Waals surface area contributed by atoms with Crippen molar-refractivity contribution in [2.75, 3.05) is 5.32 Å². The van der Waals surface area contributed by atoms with Crippen molar-refractivity contribution in [3.05, 3.63) is 33.4 Å². The van der Waals surface area contributed by atoms with Gasteiger partial charge in [0.05, 0.1) is 4.92 Å². The van der Waals surface area contributed by atoms with Crippen LogP contribution in [0.4, 0.5) is 17.3 Å². The molecule has 0 amide bonds. The van der Waals surface area contributed by atoms with Gasteiger partial charge in [0.25, 0.3) is 0 Å². The van der Waals surface area contributed by atoms with Gasteiger partial charge in [-0.05, 0) is 12.8 Å². The number of nitrogens with zero attached hydrogens (tertiary/aromatic N) is 4. The first kappa shape index (κ1) is 11.8. The third-order valence-electron chi connectivity index (χ3n) is 2.82. The van der Waals surface area contributed by atoms with E-state index in [2.05, 4.69) is 25.5 Å². The van der Waals surface area contributed by atoms with Crippen molar-refractivity contribution in [2.24, 2.45) is 0 Å². The molecule has 1 aliphatic carbocycles. The molecule has 2 heterocycles. The van der Waals surface area contributed by atoms with Gasteiger partial charge in [0.2, 0.25) is 11.0 Å². The quantitative estimate of drug-likeness (QED) is 0.505. The number of H-pyrrole nitrogens is 1. The van der Waals surface area contributed by atoms with E-state index >= 15 is 0 Å². The summed E-state index contributed by atoms with van der Waals surface area (Å²) in [5.41, 5.74) is 0.658. The summed E-state index contributed by atoms with van der Waals surface area (Å²) in [6, 6.07) is 1.82. The molecule has 0 saturated heterocycles. The highest BCUT2D eigenvalue weighted by Crippen LogP contribution is 2.40. The van der Waals surface area contributed by atoms with E-state index in [4.69, 9.17) is 11.6 Å². The maximum atomic E-state index is 10.9. The normalized spacial score (nSPS) is 14.4. The third-order valence-corrected chi connectivity index (χ3v) is 3.10. The summed E-state index contributed by atoms with van der Waals surface area (Å²) < 4.78 is 0. The predicted octanol–water partition coefficient (Wildman–Crippen LogP) is 2.38. The number of hydrogen-bond donors (Lipinski definition) is 2. The van der Waals surface area contributed by atoms with Gasteiger partial charge in [-0.3, -0.25) is 15.2 Å². The monoisotopic (exact) mass is 280 g/mol. The fraction of sp³-hybridized carbons (Fsp3) is 0.300. The molecule has 0 atom stereocenters. The van der Waals surface area contributed by atoms with E-state index in [-0.39, 0.29) is 16.7 Å². The molecule has 98 valence electrons. The van der Waals surface area contributed by atoms with Crippen molar-refractivity contribution in [3.63, 3.8) is 0 Å². The summed E-state index contributed by atoms with van der Waals surface area (Å²) in [4.78, 5) is 17.7. The minimum Gasteiger partial charge on any atom is -0.318 e. The van der Waals surface area contributed by atoms with Crippen molar-refractivity contribution in [1.82, 2.24) is 20.2 Å². The molecule has 1 saturated carbocycles. The van der Waals surface area contributed by atoms with Crippen molar-refractivity contribution in [3.8, 4) is 0 Å². The summed E-state index contributed by atoms with van der Waals surface area (Å²) in [5, 5.41) is 20.4. The van der Waals surface area contributed by atoms with E-state index in [1.807, 2.05) is 6.07 Å². The Labute approximate surface area is 112 Å². The Morgan fingerprint density at radius 3 is 2.95 bits per heavy atom. The van der Waals surface area contributed by atoms with Gasteiger partial charge in [-0.2, -0.15) is 5.10 Å². The highest BCUT2D eigenvalue weighted by Gasteiger charge is 2.26. The maximum Gasteiger partial charge on any atom is 0.348 e. The largest absolute Gasteiger partial charge is 0.348 e. The lowest BCUT2D eigenvalue weighted by Crippen LogP contribution is -2.01. The van der Waals surface area contributed by atoms with Crippen LogP contribution in [-0.4, -0.2) is 25.1 Å². The molecule has 2 aromatic heterocycles. The zero-order valence-electron chi connectivity index (χ0n) is 9.63. The highest BCUT2D eigenvalue weighted by molar-refractivity contribution is 6.31. The lowest BCUT2D eigenvalue weighted by atomic mass is 10.3. The van der Waals surface area contributed by atoms with Crippen LogP contribution >= 0.6 is 11.6 Å². The summed E-state index contributed by atoms with van der Waals surface area (Å²) in [7, 11) is 0. The van der Waals surface area contributed by atoms with E-state index in [9.17, 15) is 10.1 Å². The molecular formula is C10H9ClN6O2.